The molecule has 1 aliphatic rings. The molecule has 1 aromatic carbocycles. The van der Waals surface area contributed by atoms with Crippen molar-refractivity contribution in [2.75, 3.05) is 6.61 Å². The molecule has 0 fully saturated rings. The van der Waals surface area contributed by atoms with Crippen LogP contribution in [0, 0.1) is 0 Å². The number of nitrogens with zero attached hydrogens (tertiary/aromatic N) is 2. The highest BCUT2D eigenvalue weighted by molar-refractivity contribution is 5.75. The van der Waals surface area contributed by atoms with Crippen LogP contribution in [0.3, 0.4) is 0 Å². The van der Waals surface area contributed by atoms with Crippen LogP contribution in [-0.2, 0) is 30.7 Å². The highest BCUT2D eigenvalue weighted by atomic mass is 16.5. The molecular formula is C21H29N3O2. The summed E-state index contributed by atoms with van der Waals surface area (Å²) in [5.74, 6) is 0.864. The van der Waals surface area contributed by atoms with Gasteiger partial charge in [0.05, 0.1) is 12.3 Å². The Morgan fingerprint density at radius 2 is 1.92 bits per heavy atom. The summed E-state index contributed by atoms with van der Waals surface area (Å²) in [6.45, 7) is 3.62. The van der Waals surface area contributed by atoms with Crippen molar-refractivity contribution in [3.05, 3.63) is 47.3 Å². The van der Waals surface area contributed by atoms with E-state index >= 15 is 0 Å². The van der Waals surface area contributed by atoms with Gasteiger partial charge in [-0.2, -0.15) is 5.10 Å². The van der Waals surface area contributed by atoms with Crippen molar-refractivity contribution in [2.24, 2.45) is 0 Å². The van der Waals surface area contributed by atoms with Crippen molar-refractivity contribution in [1.82, 2.24) is 15.1 Å². The SMILES string of the molecule is CCCOc1ccc(CNC(=O)Cn2cc3c(n2)CCCCCC3)cc1. The van der Waals surface area contributed by atoms with E-state index in [0.717, 1.165) is 37.2 Å². The molecule has 0 bridgehead atoms. The molecular weight excluding hydrogens is 326 g/mol. The monoisotopic (exact) mass is 355 g/mol. The molecule has 1 aliphatic carbocycles. The van der Waals surface area contributed by atoms with Gasteiger partial charge in [-0.1, -0.05) is 31.9 Å². The second kappa shape index (κ2) is 9.41. The number of rotatable bonds is 7. The number of aromatic nitrogens is 2. The van der Waals surface area contributed by atoms with Gasteiger partial charge >= 0.3 is 0 Å². The maximum absolute atomic E-state index is 12.2. The number of nitrogens with one attached hydrogen (secondary N) is 1. The van der Waals surface area contributed by atoms with Gasteiger partial charge in [0, 0.05) is 12.7 Å². The van der Waals surface area contributed by atoms with Crippen LogP contribution >= 0.6 is 0 Å². The number of amides is 1. The van der Waals surface area contributed by atoms with Crippen molar-refractivity contribution in [2.45, 2.75) is 65.0 Å². The van der Waals surface area contributed by atoms with Gasteiger partial charge in [0.25, 0.3) is 0 Å². The van der Waals surface area contributed by atoms with E-state index in [9.17, 15) is 4.79 Å². The van der Waals surface area contributed by atoms with Gasteiger partial charge in [-0.25, -0.2) is 0 Å². The first-order chi connectivity index (χ1) is 12.7. The molecule has 2 aromatic rings. The predicted octanol–water partition coefficient (Wildman–Crippen LogP) is 3.65. The quantitative estimate of drug-likeness (QED) is 0.825. The van der Waals surface area contributed by atoms with E-state index in [2.05, 4.69) is 23.5 Å². The maximum atomic E-state index is 12.2. The van der Waals surface area contributed by atoms with Crippen molar-refractivity contribution in [3.63, 3.8) is 0 Å². The first-order valence-electron chi connectivity index (χ1n) is 9.78. The van der Waals surface area contributed by atoms with Crippen molar-refractivity contribution >= 4 is 5.91 Å². The van der Waals surface area contributed by atoms with E-state index in [0.29, 0.717) is 6.54 Å². The minimum atomic E-state index is -0.00761. The molecule has 0 saturated heterocycles. The fraction of sp³-hybridized carbons (Fsp3) is 0.524. The summed E-state index contributed by atoms with van der Waals surface area (Å²) in [6, 6.07) is 7.88. The summed E-state index contributed by atoms with van der Waals surface area (Å²) >= 11 is 0. The average Bonchev–Trinajstić information content (AvgIpc) is 2.99. The van der Waals surface area contributed by atoms with Crippen LogP contribution in [0.25, 0.3) is 0 Å². The van der Waals surface area contributed by atoms with Crippen LogP contribution in [0.2, 0.25) is 0 Å². The average molecular weight is 355 g/mol. The minimum absolute atomic E-state index is 0.00761. The second-order valence-corrected chi connectivity index (χ2v) is 6.98. The maximum Gasteiger partial charge on any atom is 0.241 e. The molecule has 5 heteroatoms. The Morgan fingerprint density at radius 1 is 1.15 bits per heavy atom. The van der Waals surface area contributed by atoms with Gasteiger partial charge in [0.1, 0.15) is 12.3 Å². The van der Waals surface area contributed by atoms with Crippen LogP contribution in [0.15, 0.2) is 30.5 Å². The van der Waals surface area contributed by atoms with E-state index in [4.69, 9.17) is 4.74 Å². The van der Waals surface area contributed by atoms with Gasteiger partial charge in [-0.05, 0) is 55.4 Å². The highest BCUT2D eigenvalue weighted by Gasteiger charge is 2.13. The Balaban J connectivity index is 1.49. The Bertz CT molecular complexity index is 681. The van der Waals surface area contributed by atoms with Crippen molar-refractivity contribution in [3.8, 4) is 5.75 Å². The summed E-state index contributed by atoms with van der Waals surface area (Å²) < 4.78 is 7.37. The van der Waals surface area contributed by atoms with E-state index in [1.807, 2.05) is 24.3 Å². The summed E-state index contributed by atoms with van der Waals surface area (Å²) in [5.41, 5.74) is 3.57. The lowest BCUT2D eigenvalue weighted by Gasteiger charge is -2.08. The fourth-order valence-corrected chi connectivity index (χ4v) is 3.29. The zero-order valence-electron chi connectivity index (χ0n) is 15.7. The van der Waals surface area contributed by atoms with Crippen LogP contribution in [-0.4, -0.2) is 22.3 Å². The number of aryl methyl sites for hydroxylation is 2. The number of ether oxygens (including phenoxy) is 1. The number of hydrogen-bond acceptors (Lipinski definition) is 3. The second-order valence-electron chi connectivity index (χ2n) is 6.98. The molecule has 0 saturated carbocycles. The highest BCUT2D eigenvalue weighted by Crippen LogP contribution is 2.18. The molecule has 5 nitrogen and oxygen atoms in total. The lowest BCUT2D eigenvalue weighted by molar-refractivity contribution is -0.122. The normalized spacial score (nSPS) is 14.2. The zero-order chi connectivity index (χ0) is 18.2. The van der Waals surface area contributed by atoms with Gasteiger partial charge < -0.3 is 10.1 Å². The molecule has 1 amide bonds. The molecule has 0 aliphatic heterocycles. The number of carbonyl (C=O) groups excluding carboxylic acids is 1. The smallest absolute Gasteiger partial charge is 0.241 e. The van der Waals surface area contributed by atoms with Gasteiger partial charge in [0.15, 0.2) is 0 Å². The number of hydrogen-bond donors (Lipinski definition) is 1. The molecule has 0 atom stereocenters. The van der Waals surface area contributed by atoms with Crippen LogP contribution < -0.4 is 10.1 Å². The summed E-state index contributed by atoms with van der Waals surface area (Å²) in [5, 5.41) is 7.60. The largest absolute Gasteiger partial charge is 0.494 e. The third kappa shape index (κ3) is 5.35. The summed E-state index contributed by atoms with van der Waals surface area (Å²) in [6.07, 6.45) is 10.2. The Labute approximate surface area is 155 Å². The molecule has 140 valence electrons. The first kappa shape index (κ1) is 18.5. The minimum Gasteiger partial charge on any atom is -0.494 e. The molecule has 0 radical (unpaired) electrons. The van der Waals surface area contributed by atoms with Gasteiger partial charge in [-0.15, -0.1) is 0 Å². The van der Waals surface area contributed by atoms with Crippen molar-refractivity contribution in [1.29, 1.82) is 0 Å². The molecule has 1 N–H and O–H groups in total. The molecule has 3 rings (SSSR count). The molecule has 0 unspecified atom stereocenters. The van der Waals surface area contributed by atoms with E-state index in [-0.39, 0.29) is 12.5 Å². The third-order valence-corrected chi connectivity index (χ3v) is 4.73. The number of benzene rings is 1. The predicted molar refractivity (Wildman–Crippen MR) is 102 cm³/mol. The number of carbonyl (C=O) groups is 1. The molecule has 1 heterocycles. The standard InChI is InChI=1S/C21H29N3O2/c1-2-13-26-19-11-9-17(10-12-19)14-22-21(25)16-24-15-18-7-5-3-4-6-8-20(18)23-24/h9-12,15H,2-8,13-14,16H2,1H3,(H,22,25). The lowest BCUT2D eigenvalue weighted by atomic mass is 9.99. The Hall–Kier alpha value is -2.30. The van der Waals surface area contributed by atoms with Crippen LogP contribution in [0.5, 0.6) is 5.75 Å². The summed E-state index contributed by atoms with van der Waals surface area (Å²) in [4.78, 5) is 12.2. The third-order valence-electron chi connectivity index (χ3n) is 4.73. The van der Waals surface area contributed by atoms with Crippen molar-refractivity contribution < 1.29 is 9.53 Å². The van der Waals surface area contributed by atoms with Gasteiger partial charge in [0.2, 0.25) is 5.91 Å². The van der Waals surface area contributed by atoms with Crippen LogP contribution in [0.4, 0.5) is 0 Å². The van der Waals surface area contributed by atoms with Crippen LogP contribution in [0.1, 0.15) is 55.8 Å². The summed E-state index contributed by atoms with van der Waals surface area (Å²) in [7, 11) is 0. The van der Waals surface area contributed by atoms with E-state index in [1.165, 1.54) is 36.9 Å². The fourth-order valence-electron chi connectivity index (χ4n) is 3.29. The van der Waals surface area contributed by atoms with E-state index in [1.54, 1.807) is 4.68 Å². The molecule has 26 heavy (non-hydrogen) atoms. The number of fused-ring (bicyclic) bond motifs is 1. The first-order valence-corrected chi connectivity index (χ1v) is 9.78. The zero-order valence-corrected chi connectivity index (χ0v) is 15.7. The van der Waals surface area contributed by atoms with Gasteiger partial charge in [-0.3, -0.25) is 9.48 Å². The van der Waals surface area contributed by atoms with E-state index < -0.39 is 0 Å². The lowest BCUT2D eigenvalue weighted by Crippen LogP contribution is -2.27. The molecule has 1 aromatic heterocycles. The Morgan fingerprint density at radius 3 is 2.69 bits per heavy atom. The Kier molecular flexibility index (Phi) is 6.69. The molecule has 0 spiro atoms. The topological polar surface area (TPSA) is 56.1 Å².